The lowest BCUT2D eigenvalue weighted by Gasteiger charge is -2.05. The van der Waals surface area contributed by atoms with Crippen LogP contribution in [0.1, 0.15) is 11.1 Å². The molecule has 1 heterocycles. The number of aryl methyl sites for hydroxylation is 1. The number of rotatable bonds is 1. The van der Waals surface area contributed by atoms with Crippen LogP contribution in [0.25, 0.3) is 0 Å². The minimum Gasteiger partial charge on any atom is -0.368 e. The summed E-state index contributed by atoms with van der Waals surface area (Å²) in [6.07, 6.45) is 0. The number of halogens is 1. The zero-order valence-corrected chi connectivity index (χ0v) is 8.23. The van der Waals surface area contributed by atoms with Crippen molar-refractivity contribution in [2.24, 2.45) is 4.99 Å². The van der Waals surface area contributed by atoms with Gasteiger partial charge in [-0.15, -0.1) is 0 Å². The van der Waals surface area contributed by atoms with E-state index in [1.54, 1.807) is 0 Å². The van der Waals surface area contributed by atoms with Gasteiger partial charge in [0.2, 0.25) is 0 Å². The normalized spacial score (nSPS) is 15.4. The van der Waals surface area contributed by atoms with Crippen LogP contribution in [0.15, 0.2) is 23.2 Å². The summed E-state index contributed by atoms with van der Waals surface area (Å²) in [6, 6.07) is 5.97. The summed E-state index contributed by atoms with van der Waals surface area (Å²) in [6.45, 7) is 3.81. The number of nitrogens with one attached hydrogen (secondary N) is 1. The highest BCUT2D eigenvalue weighted by molar-refractivity contribution is 6.34. The Morgan fingerprint density at radius 1 is 1.46 bits per heavy atom. The van der Waals surface area contributed by atoms with Gasteiger partial charge in [-0.25, -0.2) is 0 Å². The maximum absolute atomic E-state index is 6.06. The van der Waals surface area contributed by atoms with Crippen LogP contribution >= 0.6 is 11.6 Å². The first-order chi connectivity index (χ1) is 6.27. The van der Waals surface area contributed by atoms with Gasteiger partial charge in [-0.05, 0) is 19.1 Å². The van der Waals surface area contributed by atoms with Crippen molar-refractivity contribution in [2.75, 3.05) is 13.1 Å². The van der Waals surface area contributed by atoms with Crippen LogP contribution in [-0.2, 0) is 0 Å². The Balaban J connectivity index is 2.43. The highest BCUT2D eigenvalue weighted by Crippen LogP contribution is 2.18. The quantitative estimate of drug-likeness (QED) is 0.727. The second-order valence-electron chi connectivity index (χ2n) is 3.14. The van der Waals surface area contributed by atoms with Crippen molar-refractivity contribution in [3.8, 4) is 0 Å². The van der Waals surface area contributed by atoms with Crippen molar-refractivity contribution in [1.82, 2.24) is 5.32 Å². The zero-order valence-electron chi connectivity index (χ0n) is 7.47. The van der Waals surface area contributed by atoms with E-state index in [-0.39, 0.29) is 0 Å². The Kier molecular flexibility index (Phi) is 2.23. The highest BCUT2D eigenvalue weighted by Gasteiger charge is 2.11. The number of benzene rings is 1. The number of amidine groups is 1. The smallest absolute Gasteiger partial charge is 0.129 e. The third-order valence-electron chi connectivity index (χ3n) is 2.05. The van der Waals surface area contributed by atoms with Crippen LogP contribution in [0.2, 0.25) is 5.02 Å². The van der Waals surface area contributed by atoms with Gasteiger partial charge in [-0.3, -0.25) is 4.99 Å². The molecule has 0 amide bonds. The maximum Gasteiger partial charge on any atom is 0.129 e. The SMILES string of the molecule is Cc1ccc(Cl)c(C2=NCCN2)c1. The number of nitrogens with zero attached hydrogens (tertiary/aromatic N) is 1. The molecule has 0 spiro atoms. The topological polar surface area (TPSA) is 24.4 Å². The van der Waals surface area contributed by atoms with E-state index in [0.29, 0.717) is 0 Å². The summed E-state index contributed by atoms with van der Waals surface area (Å²) in [5.74, 6) is 0.925. The van der Waals surface area contributed by atoms with Crippen molar-refractivity contribution in [3.63, 3.8) is 0 Å². The zero-order chi connectivity index (χ0) is 9.26. The molecule has 0 atom stereocenters. The summed E-state index contributed by atoms with van der Waals surface area (Å²) >= 11 is 6.06. The van der Waals surface area contributed by atoms with E-state index in [9.17, 15) is 0 Å². The van der Waals surface area contributed by atoms with Crippen molar-refractivity contribution in [3.05, 3.63) is 34.3 Å². The third-order valence-corrected chi connectivity index (χ3v) is 2.38. The monoisotopic (exact) mass is 194 g/mol. The van der Waals surface area contributed by atoms with Crippen LogP contribution < -0.4 is 5.32 Å². The molecule has 1 aliphatic rings. The van der Waals surface area contributed by atoms with E-state index in [1.165, 1.54) is 5.56 Å². The largest absolute Gasteiger partial charge is 0.368 e. The lowest BCUT2D eigenvalue weighted by Crippen LogP contribution is -2.19. The van der Waals surface area contributed by atoms with Gasteiger partial charge in [0.05, 0.1) is 11.6 Å². The highest BCUT2D eigenvalue weighted by atomic mass is 35.5. The fraction of sp³-hybridized carbons (Fsp3) is 0.300. The predicted octanol–water partition coefficient (Wildman–Crippen LogP) is 2.00. The molecule has 0 bridgehead atoms. The first kappa shape index (κ1) is 8.57. The molecule has 0 aliphatic carbocycles. The summed E-state index contributed by atoms with van der Waals surface area (Å²) in [4.78, 5) is 4.33. The van der Waals surface area contributed by atoms with E-state index < -0.39 is 0 Å². The van der Waals surface area contributed by atoms with Crippen molar-refractivity contribution >= 4 is 17.4 Å². The summed E-state index contributed by atoms with van der Waals surface area (Å²) < 4.78 is 0. The average Bonchev–Trinajstić information content (AvgIpc) is 2.61. The summed E-state index contributed by atoms with van der Waals surface area (Å²) in [7, 11) is 0. The van der Waals surface area contributed by atoms with Crippen molar-refractivity contribution in [1.29, 1.82) is 0 Å². The van der Waals surface area contributed by atoms with Gasteiger partial charge in [0.1, 0.15) is 5.84 Å². The Hall–Kier alpha value is -1.02. The molecule has 1 N–H and O–H groups in total. The van der Waals surface area contributed by atoms with Gasteiger partial charge >= 0.3 is 0 Å². The van der Waals surface area contributed by atoms with E-state index in [1.807, 2.05) is 12.1 Å². The van der Waals surface area contributed by atoms with Crippen LogP contribution in [0.4, 0.5) is 0 Å². The van der Waals surface area contributed by atoms with Gasteiger partial charge < -0.3 is 5.32 Å². The number of aliphatic imine (C=N–C) groups is 1. The summed E-state index contributed by atoms with van der Waals surface area (Å²) in [5, 5.41) is 3.97. The standard InChI is InChI=1S/C10H11ClN2/c1-7-2-3-9(11)8(6-7)10-12-4-5-13-10/h2-3,6H,4-5H2,1H3,(H,12,13). The molecule has 0 saturated carbocycles. The van der Waals surface area contributed by atoms with E-state index in [2.05, 4.69) is 23.3 Å². The molecule has 0 saturated heterocycles. The molecule has 2 rings (SSSR count). The first-order valence-electron chi connectivity index (χ1n) is 4.32. The molecule has 0 radical (unpaired) electrons. The van der Waals surface area contributed by atoms with Crippen LogP contribution in [0, 0.1) is 6.92 Å². The third kappa shape index (κ3) is 1.68. The average molecular weight is 195 g/mol. The van der Waals surface area contributed by atoms with Crippen LogP contribution in [0.3, 0.4) is 0 Å². The molecule has 13 heavy (non-hydrogen) atoms. The fourth-order valence-corrected chi connectivity index (χ4v) is 1.61. The maximum atomic E-state index is 6.06. The Bertz CT molecular complexity index is 358. The summed E-state index contributed by atoms with van der Waals surface area (Å²) in [5.41, 5.74) is 2.22. The van der Waals surface area contributed by atoms with E-state index in [4.69, 9.17) is 11.6 Å². The molecule has 0 aromatic heterocycles. The van der Waals surface area contributed by atoms with Crippen molar-refractivity contribution in [2.45, 2.75) is 6.92 Å². The molecular weight excluding hydrogens is 184 g/mol. The number of hydrogen-bond acceptors (Lipinski definition) is 2. The lowest BCUT2D eigenvalue weighted by molar-refractivity contribution is 0.960. The molecule has 0 fully saturated rings. The van der Waals surface area contributed by atoms with Gasteiger partial charge in [0, 0.05) is 12.1 Å². The van der Waals surface area contributed by atoms with Crippen LogP contribution in [0.5, 0.6) is 0 Å². The minimum atomic E-state index is 0.763. The minimum absolute atomic E-state index is 0.763. The van der Waals surface area contributed by atoms with Gasteiger partial charge in [0.25, 0.3) is 0 Å². The molecular formula is C10H11ClN2. The second-order valence-corrected chi connectivity index (χ2v) is 3.55. The lowest BCUT2D eigenvalue weighted by atomic mass is 10.1. The molecule has 3 heteroatoms. The van der Waals surface area contributed by atoms with E-state index >= 15 is 0 Å². The van der Waals surface area contributed by atoms with Gasteiger partial charge in [0.15, 0.2) is 0 Å². The van der Waals surface area contributed by atoms with Crippen molar-refractivity contribution < 1.29 is 0 Å². The van der Waals surface area contributed by atoms with Gasteiger partial charge in [-0.2, -0.15) is 0 Å². The molecule has 68 valence electrons. The molecule has 1 aromatic carbocycles. The van der Waals surface area contributed by atoms with E-state index in [0.717, 1.165) is 29.5 Å². The predicted molar refractivity (Wildman–Crippen MR) is 55.6 cm³/mol. The number of hydrogen-bond donors (Lipinski definition) is 1. The second kappa shape index (κ2) is 3.38. The Labute approximate surface area is 82.6 Å². The Morgan fingerprint density at radius 3 is 3.00 bits per heavy atom. The molecule has 1 aromatic rings. The fourth-order valence-electron chi connectivity index (χ4n) is 1.40. The van der Waals surface area contributed by atoms with Gasteiger partial charge in [-0.1, -0.05) is 23.2 Å². The first-order valence-corrected chi connectivity index (χ1v) is 4.70. The van der Waals surface area contributed by atoms with Crippen LogP contribution in [-0.4, -0.2) is 18.9 Å². The molecule has 0 unspecified atom stereocenters. The Morgan fingerprint density at radius 2 is 2.31 bits per heavy atom. The molecule has 1 aliphatic heterocycles. The molecule has 2 nitrogen and oxygen atoms in total.